The molecule has 0 bridgehead atoms. The SMILES string of the molecule is Cc1cccc(S(=O)(=O)NCc2ccc3c(c2)NC(=O)C(C)O3)c1. The number of aryl methyl sites for hydroxylation is 1. The molecule has 1 atom stereocenters. The third-order valence-electron chi connectivity index (χ3n) is 3.74. The van der Waals surface area contributed by atoms with Crippen molar-refractivity contribution in [2.75, 3.05) is 5.32 Å². The number of rotatable bonds is 4. The predicted octanol–water partition coefficient (Wildman–Crippen LogP) is 2.19. The van der Waals surface area contributed by atoms with Gasteiger partial charge >= 0.3 is 0 Å². The fraction of sp³-hybridized carbons (Fsp3) is 0.235. The summed E-state index contributed by atoms with van der Waals surface area (Å²) in [5.41, 5.74) is 2.15. The molecule has 0 saturated heterocycles. The first-order valence-corrected chi connectivity index (χ1v) is 9.00. The number of sulfonamides is 1. The first kappa shape index (κ1) is 16.5. The molecule has 1 heterocycles. The van der Waals surface area contributed by atoms with Crippen molar-refractivity contribution in [3.63, 3.8) is 0 Å². The third kappa shape index (κ3) is 3.42. The van der Waals surface area contributed by atoms with Crippen LogP contribution in [0.15, 0.2) is 47.4 Å². The Bertz CT molecular complexity index is 893. The summed E-state index contributed by atoms with van der Waals surface area (Å²) < 4.78 is 32.7. The minimum absolute atomic E-state index is 0.120. The number of benzene rings is 2. The van der Waals surface area contributed by atoms with Crippen molar-refractivity contribution in [2.24, 2.45) is 0 Å². The van der Waals surface area contributed by atoms with Crippen LogP contribution in [0.25, 0.3) is 0 Å². The van der Waals surface area contributed by atoms with E-state index in [4.69, 9.17) is 4.74 Å². The highest BCUT2D eigenvalue weighted by atomic mass is 32.2. The van der Waals surface area contributed by atoms with Gasteiger partial charge < -0.3 is 10.1 Å². The van der Waals surface area contributed by atoms with E-state index in [2.05, 4.69) is 10.0 Å². The molecule has 126 valence electrons. The highest BCUT2D eigenvalue weighted by Gasteiger charge is 2.23. The largest absolute Gasteiger partial charge is 0.479 e. The number of ether oxygens (including phenoxy) is 1. The molecule has 0 fully saturated rings. The molecule has 1 aliphatic heterocycles. The number of anilines is 1. The summed E-state index contributed by atoms with van der Waals surface area (Å²) in [4.78, 5) is 11.9. The van der Waals surface area contributed by atoms with Gasteiger partial charge in [0.25, 0.3) is 5.91 Å². The summed E-state index contributed by atoms with van der Waals surface area (Å²) in [5.74, 6) is 0.354. The lowest BCUT2D eigenvalue weighted by molar-refractivity contribution is -0.122. The Labute approximate surface area is 140 Å². The van der Waals surface area contributed by atoms with Crippen LogP contribution in [-0.4, -0.2) is 20.4 Å². The monoisotopic (exact) mass is 346 g/mol. The number of hydrogen-bond acceptors (Lipinski definition) is 4. The van der Waals surface area contributed by atoms with Crippen molar-refractivity contribution < 1.29 is 17.9 Å². The Hall–Kier alpha value is -2.38. The van der Waals surface area contributed by atoms with Crippen LogP contribution in [0, 0.1) is 6.92 Å². The summed E-state index contributed by atoms with van der Waals surface area (Å²) in [6, 6.07) is 11.9. The Morgan fingerprint density at radius 1 is 1.21 bits per heavy atom. The number of hydrogen-bond donors (Lipinski definition) is 2. The fourth-order valence-corrected chi connectivity index (χ4v) is 3.53. The summed E-state index contributed by atoms with van der Waals surface area (Å²) in [7, 11) is -3.59. The van der Waals surface area contributed by atoms with Crippen molar-refractivity contribution in [1.29, 1.82) is 0 Å². The topological polar surface area (TPSA) is 84.5 Å². The van der Waals surface area contributed by atoms with Gasteiger partial charge in [0.1, 0.15) is 5.75 Å². The van der Waals surface area contributed by atoms with Gasteiger partial charge in [-0.3, -0.25) is 4.79 Å². The maximum absolute atomic E-state index is 12.3. The molecule has 0 saturated carbocycles. The molecular formula is C17H18N2O4S. The van der Waals surface area contributed by atoms with E-state index in [9.17, 15) is 13.2 Å². The lowest BCUT2D eigenvalue weighted by Crippen LogP contribution is -2.34. The molecule has 2 N–H and O–H groups in total. The molecule has 6 nitrogen and oxygen atoms in total. The molecule has 24 heavy (non-hydrogen) atoms. The molecule has 2 aromatic carbocycles. The summed E-state index contributed by atoms with van der Waals surface area (Å²) in [5, 5.41) is 2.75. The maximum Gasteiger partial charge on any atom is 0.265 e. The van der Waals surface area contributed by atoms with Crippen LogP contribution in [0.3, 0.4) is 0 Å². The van der Waals surface area contributed by atoms with Crippen LogP contribution >= 0.6 is 0 Å². The highest BCUT2D eigenvalue weighted by molar-refractivity contribution is 7.89. The standard InChI is InChI=1S/C17H18N2O4S/c1-11-4-3-5-14(8-11)24(21,22)18-10-13-6-7-16-15(9-13)19-17(20)12(2)23-16/h3-9,12,18H,10H2,1-2H3,(H,19,20). The van der Waals surface area contributed by atoms with Gasteiger partial charge in [-0.1, -0.05) is 18.2 Å². The zero-order chi connectivity index (χ0) is 17.3. The number of nitrogens with one attached hydrogen (secondary N) is 2. The molecule has 1 unspecified atom stereocenters. The lowest BCUT2D eigenvalue weighted by atomic mass is 10.1. The van der Waals surface area contributed by atoms with Crippen molar-refractivity contribution in [3.05, 3.63) is 53.6 Å². The second-order valence-electron chi connectivity index (χ2n) is 5.72. The Morgan fingerprint density at radius 2 is 2.00 bits per heavy atom. The van der Waals surface area contributed by atoms with Gasteiger partial charge in [0.15, 0.2) is 6.10 Å². The minimum atomic E-state index is -3.59. The van der Waals surface area contributed by atoms with Gasteiger partial charge in [-0.2, -0.15) is 0 Å². The van der Waals surface area contributed by atoms with E-state index in [0.29, 0.717) is 11.4 Å². The average Bonchev–Trinajstić information content (AvgIpc) is 2.54. The molecule has 7 heteroatoms. The predicted molar refractivity (Wildman–Crippen MR) is 90.4 cm³/mol. The molecule has 2 aromatic rings. The molecule has 0 aliphatic carbocycles. The normalized spacial score (nSPS) is 16.9. The second-order valence-corrected chi connectivity index (χ2v) is 7.49. The minimum Gasteiger partial charge on any atom is -0.479 e. The van der Waals surface area contributed by atoms with E-state index in [0.717, 1.165) is 11.1 Å². The van der Waals surface area contributed by atoms with E-state index in [1.807, 2.05) is 13.0 Å². The molecule has 0 aromatic heterocycles. The van der Waals surface area contributed by atoms with Gasteiger partial charge in [-0.15, -0.1) is 0 Å². The van der Waals surface area contributed by atoms with Crippen molar-refractivity contribution >= 4 is 21.6 Å². The molecule has 0 spiro atoms. The van der Waals surface area contributed by atoms with Crippen LogP contribution in [-0.2, 0) is 21.4 Å². The fourth-order valence-electron chi connectivity index (χ4n) is 2.41. The van der Waals surface area contributed by atoms with E-state index >= 15 is 0 Å². The van der Waals surface area contributed by atoms with Gasteiger partial charge in [0.2, 0.25) is 10.0 Å². The van der Waals surface area contributed by atoms with Crippen molar-refractivity contribution in [1.82, 2.24) is 4.72 Å². The van der Waals surface area contributed by atoms with E-state index in [-0.39, 0.29) is 17.3 Å². The lowest BCUT2D eigenvalue weighted by Gasteiger charge is -2.23. The molecular weight excluding hydrogens is 328 g/mol. The number of carbonyl (C=O) groups excluding carboxylic acids is 1. The smallest absolute Gasteiger partial charge is 0.265 e. The Balaban J connectivity index is 1.76. The number of carbonyl (C=O) groups is 1. The molecule has 1 amide bonds. The quantitative estimate of drug-likeness (QED) is 0.889. The molecule has 3 rings (SSSR count). The molecule has 0 radical (unpaired) electrons. The van der Waals surface area contributed by atoms with Crippen LogP contribution in [0.1, 0.15) is 18.1 Å². The third-order valence-corrected chi connectivity index (χ3v) is 5.14. The Morgan fingerprint density at radius 3 is 2.75 bits per heavy atom. The molecule has 1 aliphatic rings. The van der Waals surface area contributed by atoms with Gasteiger partial charge in [0.05, 0.1) is 10.6 Å². The van der Waals surface area contributed by atoms with Crippen molar-refractivity contribution in [2.45, 2.75) is 31.4 Å². The summed E-state index contributed by atoms with van der Waals surface area (Å²) >= 11 is 0. The van der Waals surface area contributed by atoms with Crippen LogP contribution in [0.4, 0.5) is 5.69 Å². The summed E-state index contributed by atoms with van der Waals surface area (Å²) in [6.45, 7) is 3.63. The van der Waals surface area contributed by atoms with Crippen molar-refractivity contribution in [3.8, 4) is 5.75 Å². The highest BCUT2D eigenvalue weighted by Crippen LogP contribution is 2.30. The van der Waals surface area contributed by atoms with E-state index in [1.165, 1.54) is 0 Å². The zero-order valence-electron chi connectivity index (χ0n) is 13.4. The summed E-state index contributed by atoms with van der Waals surface area (Å²) in [6.07, 6.45) is -0.539. The number of fused-ring (bicyclic) bond motifs is 1. The van der Waals surface area contributed by atoms with Gasteiger partial charge in [0, 0.05) is 6.54 Å². The van der Waals surface area contributed by atoms with Crippen LogP contribution in [0.5, 0.6) is 5.75 Å². The van der Waals surface area contributed by atoms with Crippen LogP contribution in [0.2, 0.25) is 0 Å². The maximum atomic E-state index is 12.3. The van der Waals surface area contributed by atoms with E-state index < -0.39 is 16.1 Å². The van der Waals surface area contributed by atoms with E-state index in [1.54, 1.807) is 43.3 Å². The first-order chi connectivity index (χ1) is 11.3. The van der Waals surface area contributed by atoms with Gasteiger partial charge in [-0.05, 0) is 49.2 Å². The first-order valence-electron chi connectivity index (χ1n) is 7.52. The Kier molecular flexibility index (Phi) is 4.29. The second kappa shape index (κ2) is 6.26. The zero-order valence-corrected chi connectivity index (χ0v) is 14.2. The van der Waals surface area contributed by atoms with Crippen LogP contribution < -0.4 is 14.8 Å². The van der Waals surface area contributed by atoms with Gasteiger partial charge in [-0.25, -0.2) is 13.1 Å². The average molecular weight is 346 g/mol. The number of amides is 1.